The second-order valence-electron chi connectivity index (χ2n) is 7.26. The van der Waals surface area contributed by atoms with Crippen LogP contribution in [0.15, 0.2) is 24.3 Å². The van der Waals surface area contributed by atoms with Gasteiger partial charge in [0.05, 0.1) is 5.75 Å². The molecule has 0 aliphatic carbocycles. The topological polar surface area (TPSA) is 78.5 Å². The lowest BCUT2D eigenvalue weighted by atomic mass is 10.0. The van der Waals surface area contributed by atoms with Gasteiger partial charge in [0.2, 0.25) is 10.0 Å². The first-order valence-electron chi connectivity index (χ1n) is 9.43. The van der Waals surface area contributed by atoms with Crippen LogP contribution in [0, 0.1) is 0 Å². The van der Waals surface area contributed by atoms with Crippen LogP contribution in [0.2, 0.25) is 0 Å². The third kappa shape index (κ3) is 6.29. The fourth-order valence-corrected chi connectivity index (χ4v) is 4.78. The molecule has 2 amide bonds. The van der Waals surface area contributed by atoms with E-state index in [2.05, 4.69) is 17.0 Å². The van der Waals surface area contributed by atoms with E-state index in [-0.39, 0.29) is 17.8 Å². The van der Waals surface area contributed by atoms with Crippen LogP contribution in [0.1, 0.15) is 57.6 Å². The van der Waals surface area contributed by atoms with Crippen molar-refractivity contribution in [2.24, 2.45) is 0 Å². The van der Waals surface area contributed by atoms with E-state index in [1.54, 1.807) is 26.0 Å². The lowest BCUT2D eigenvalue weighted by molar-refractivity contribution is 0.148. The lowest BCUT2D eigenvalue weighted by Gasteiger charge is -2.35. The maximum absolute atomic E-state index is 12.4. The second kappa shape index (κ2) is 9.37. The highest BCUT2D eigenvalue weighted by molar-refractivity contribution is 7.88. The molecule has 1 atom stereocenters. The third-order valence-corrected chi connectivity index (χ3v) is 6.14. The number of hydrogen-bond acceptors (Lipinski definition) is 3. The molecular formula is C19H31N3O3S. The number of hydrogen-bond donors (Lipinski definition) is 2. The summed E-state index contributed by atoms with van der Waals surface area (Å²) >= 11 is 0. The minimum Gasteiger partial charge on any atom is -0.334 e. The Labute approximate surface area is 157 Å². The fourth-order valence-electron chi connectivity index (χ4n) is 3.35. The van der Waals surface area contributed by atoms with Crippen LogP contribution in [0.5, 0.6) is 0 Å². The summed E-state index contributed by atoms with van der Waals surface area (Å²) in [4.78, 5) is 14.4. The van der Waals surface area contributed by atoms with Crippen molar-refractivity contribution in [1.29, 1.82) is 0 Å². The molecule has 0 saturated carbocycles. The summed E-state index contributed by atoms with van der Waals surface area (Å²) in [5, 5.41) is 2.98. The van der Waals surface area contributed by atoms with E-state index in [9.17, 15) is 13.2 Å². The number of nitrogens with zero attached hydrogens (tertiary/aromatic N) is 1. The Bertz CT molecular complexity index is 686. The van der Waals surface area contributed by atoms with E-state index < -0.39 is 10.0 Å². The fraction of sp³-hybridized carbons (Fsp3) is 0.632. The zero-order chi connectivity index (χ0) is 19.2. The molecule has 1 aliphatic heterocycles. The minimum absolute atomic E-state index is 0.00987. The summed E-state index contributed by atoms with van der Waals surface area (Å²) < 4.78 is 26.5. The molecule has 1 saturated heterocycles. The van der Waals surface area contributed by atoms with Crippen LogP contribution in [0.3, 0.4) is 0 Å². The number of amides is 2. The number of piperidine rings is 1. The number of likely N-dealkylation sites (tertiary alicyclic amines) is 1. The molecular weight excluding hydrogens is 350 g/mol. The van der Waals surface area contributed by atoms with Crippen molar-refractivity contribution in [3.05, 3.63) is 35.4 Å². The number of sulfonamides is 1. The Kier molecular flexibility index (Phi) is 7.46. The van der Waals surface area contributed by atoms with Gasteiger partial charge >= 0.3 is 6.03 Å². The molecule has 1 aromatic rings. The normalized spacial score (nSPS) is 18.2. The number of urea groups is 1. The zero-order valence-electron chi connectivity index (χ0n) is 16.0. The molecule has 6 nitrogen and oxygen atoms in total. The number of carbonyl (C=O) groups is 1. The lowest BCUT2D eigenvalue weighted by Crippen LogP contribution is -2.48. The van der Waals surface area contributed by atoms with E-state index >= 15 is 0 Å². The number of carbonyl (C=O) groups excluding carboxylic acids is 1. The molecule has 0 aromatic heterocycles. The van der Waals surface area contributed by atoms with Gasteiger partial charge < -0.3 is 10.2 Å². The summed E-state index contributed by atoms with van der Waals surface area (Å²) in [6.07, 6.45) is 4.33. The summed E-state index contributed by atoms with van der Waals surface area (Å²) in [6.45, 7) is 6.99. The maximum Gasteiger partial charge on any atom is 0.317 e. The Balaban J connectivity index is 1.88. The average molecular weight is 382 g/mol. The molecule has 2 rings (SSSR count). The largest absolute Gasteiger partial charge is 0.334 e. The first-order chi connectivity index (χ1) is 12.3. The van der Waals surface area contributed by atoms with Crippen LogP contribution in [0.25, 0.3) is 0 Å². The molecule has 2 N–H and O–H groups in total. The van der Waals surface area contributed by atoms with Gasteiger partial charge in [-0.05, 0) is 50.7 Å². The first-order valence-corrected chi connectivity index (χ1v) is 11.1. The molecule has 1 fully saturated rings. The van der Waals surface area contributed by atoms with Gasteiger partial charge in [-0.25, -0.2) is 17.9 Å². The second-order valence-corrected chi connectivity index (χ2v) is 9.01. The van der Waals surface area contributed by atoms with Gasteiger partial charge in [-0.1, -0.05) is 31.2 Å². The Hall–Kier alpha value is -1.60. The monoisotopic (exact) mass is 381 g/mol. The van der Waals surface area contributed by atoms with Crippen LogP contribution >= 0.6 is 0 Å². The Morgan fingerprint density at radius 2 is 1.85 bits per heavy atom. The van der Waals surface area contributed by atoms with Crippen LogP contribution in [-0.4, -0.2) is 38.0 Å². The molecule has 0 spiro atoms. The summed E-state index contributed by atoms with van der Waals surface area (Å²) in [6, 6.07) is 7.56. The minimum atomic E-state index is -3.32. The SMILES string of the molecule is CCC1CCCCN1C(=O)NCc1ccc(CS(=O)(=O)NC(C)C)cc1. The highest BCUT2D eigenvalue weighted by Crippen LogP contribution is 2.19. The van der Waals surface area contributed by atoms with Crippen LogP contribution in [-0.2, 0) is 22.3 Å². The summed E-state index contributed by atoms with van der Waals surface area (Å²) in [5.41, 5.74) is 1.69. The third-order valence-electron chi connectivity index (χ3n) is 4.60. The zero-order valence-corrected chi connectivity index (χ0v) is 16.8. The van der Waals surface area contributed by atoms with Gasteiger partial charge in [0.1, 0.15) is 0 Å². The highest BCUT2D eigenvalue weighted by atomic mass is 32.2. The Morgan fingerprint density at radius 1 is 1.19 bits per heavy atom. The quantitative estimate of drug-likeness (QED) is 0.762. The molecule has 1 unspecified atom stereocenters. The smallest absolute Gasteiger partial charge is 0.317 e. The van der Waals surface area contributed by atoms with Gasteiger partial charge in [0, 0.05) is 25.2 Å². The first kappa shape index (κ1) is 20.7. The van der Waals surface area contributed by atoms with Gasteiger partial charge in [-0.3, -0.25) is 0 Å². The number of rotatable bonds is 7. The molecule has 1 heterocycles. The summed E-state index contributed by atoms with van der Waals surface area (Å²) in [5.74, 6) is -0.0379. The molecule has 26 heavy (non-hydrogen) atoms. The predicted octanol–water partition coefficient (Wildman–Crippen LogP) is 2.99. The van der Waals surface area contributed by atoms with Gasteiger partial charge in [0.25, 0.3) is 0 Å². The van der Waals surface area contributed by atoms with E-state index in [4.69, 9.17) is 0 Å². The number of nitrogens with one attached hydrogen (secondary N) is 2. The predicted molar refractivity (Wildman–Crippen MR) is 104 cm³/mol. The van der Waals surface area contributed by atoms with Crippen molar-refractivity contribution in [3.63, 3.8) is 0 Å². The van der Waals surface area contributed by atoms with Crippen molar-refractivity contribution in [1.82, 2.24) is 14.9 Å². The van der Waals surface area contributed by atoms with E-state index in [0.29, 0.717) is 12.6 Å². The van der Waals surface area contributed by atoms with Crippen molar-refractivity contribution in [2.75, 3.05) is 6.54 Å². The number of benzene rings is 1. The van der Waals surface area contributed by atoms with Crippen molar-refractivity contribution >= 4 is 16.1 Å². The average Bonchev–Trinajstić information content (AvgIpc) is 2.59. The Morgan fingerprint density at radius 3 is 2.46 bits per heavy atom. The van der Waals surface area contributed by atoms with E-state index in [1.165, 1.54) is 6.42 Å². The molecule has 0 bridgehead atoms. The van der Waals surface area contributed by atoms with Crippen LogP contribution < -0.4 is 10.0 Å². The highest BCUT2D eigenvalue weighted by Gasteiger charge is 2.24. The standard InChI is InChI=1S/C19H31N3O3S/c1-4-18-7-5-6-12-22(18)19(23)20-13-16-8-10-17(11-9-16)14-26(24,25)21-15(2)3/h8-11,15,18,21H,4-7,12-14H2,1-3H3,(H,20,23). The molecule has 1 aromatic carbocycles. The molecule has 0 radical (unpaired) electrons. The van der Waals surface area contributed by atoms with Gasteiger partial charge in [-0.15, -0.1) is 0 Å². The van der Waals surface area contributed by atoms with Crippen molar-refractivity contribution in [2.45, 2.75) is 70.8 Å². The molecule has 146 valence electrons. The molecule has 7 heteroatoms. The van der Waals surface area contributed by atoms with E-state index in [0.717, 1.165) is 36.9 Å². The van der Waals surface area contributed by atoms with Gasteiger partial charge in [0.15, 0.2) is 0 Å². The maximum atomic E-state index is 12.4. The van der Waals surface area contributed by atoms with Crippen molar-refractivity contribution < 1.29 is 13.2 Å². The van der Waals surface area contributed by atoms with Gasteiger partial charge in [-0.2, -0.15) is 0 Å². The molecule has 1 aliphatic rings. The summed E-state index contributed by atoms with van der Waals surface area (Å²) in [7, 11) is -3.32. The van der Waals surface area contributed by atoms with Crippen molar-refractivity contribution in [3.8, 4) is 0 Å². The van der Waals surface area contributed by atoms with Crippen LogP contribution in [0.4, 0.5) is 4.79 Å². The van der Waals surface area contributed by atoms with E-state index in [1.807, 2.05) is 17.0 Å².